The maximum Gasteiger partial charge on any atom is 0.144 e. The fourth-order valence-corrected chi connectivity index (χ4v) is 5.21. The summed E-state index contributed by atoms with van der Waals surface area (Å²) in [6.07, 6.45) is 1.79. The lowest BCUT2D eigenvalue weighted by Crippen LogP contribution is -1.89. The first-order chi connectivity index (χ1) is 17.3. The van der Waals surface area contributed by atoms with E-state index in [0.717, 1.165) is 60.5 Å². The van der Waals surface area contributed by atoms with E-state index in [2.05, 4.69) is 59.6 Å². The fourth-order valence-electron chi connectivity index (χ4n) is 5.21. The molecule has 5 aromatic carbocycles. The number of fused-ring (bicyclic) bond motifs is 6. The number of hydrogen-bond donors (Lipinski definition) is 0. The number of hydrogen-bond acceptors (Lipinski definition) is 3. The molecule has 0 saturated heterocycles. The molecule has 0 fully saturated rings. The van der Waals surface area contributed by atoms with Crippen LogP contribution in [0, 0.1) is 11.3 Å². The predicted octanol–water partition coefficient (Wildman–Crippen LogP) is 8.49. The Morgan fingerprint density at radius 1 is 0.600 bits per heavy atom. The average Bonchev–Trinajstić information content (AvgIpc) is 3.31. The lowest BCUT2D eigenvalue weighted by molar-refractivity contribution is 0.671. The molecule has 0 aliphatic heterocycles. The summed E-state index contributed by atoms with van der Waals surface area (Å²) < 4.78 is 6.64. The number of pyridine rings is 1. The lowest BCUT2D eigenvalue weighted by Gasteiger charge is -2.12. The van der Waals surface area contributed by atoms with Crippen LogP contribution in [-0.2, 0) is 0 Å². The second kappa shape index (κ2) is 7.55. The molecule has 0 radical (unpaired) electrons. The zero-order valence-corrected chi connectivity index (χ0v) is 18.7. The Balaban J connectivity index is 1.64. The summed E-state index contributed by atoms with van der Waals surface area (Å²) >= 11 is 0. The topological polar surface area (TPSA) is 49.8 Å². The molecule has 0 amide bonds. The molecule has 7 aromatic rings. The Morgan fingerprint density at radius 3 is 2.17 bits per heavy atom. The molecule has 0 N–H and O–H groups in total. The molecule has 0 saturated carbocycles. The van der Waals surface area contributed by atoms with Crippen molar-refractivity contribution < 1.29 is 4.42 Å². The zero-order chi connectivity index (χ0) is 23.4. The van der Waals surface area contributed by atoms with Gasteiger partial charge in [0.1, 0.15) is 11.2 Å². The van der Waals surface area contributed by atoms with Crippen LogP contribution in [0.25, 0.3) is 65.9 Å². The van der Waals surface area contributed by atoms with Crippen LogP contribution in [0.3, 0.4) is 0 Å². The van der Waals surface area contributed by atoms with E-state index in [1.54, 1.807) is 6.20 Å². The van der Waals surface area contributed by atoms with E-state index in [1.807, 2.05) is 54.6 Å². The summed E-state index contributed by atoms with van der Waals surface area (Å²) in [5.41, 5.74) is 5.72. The first kappa shape index (κ1) is 19.5. The molecular weight excluding hydrogens is 428 g/mol. The van der Waals surface area contributed by atoms with Crippen LogP contribution < -0.4 is 0 Å². The number of benzene rings is 5. The average molecular weight is 447 g/mol. The normalized spacial score (nSPS) is 11.4. The van der Waals surface area contributed by atoms with Crippen molar-refractivity contribution in [1.29, 1.82) is 5.26 Å². The monoisotopic (exact) mass is 446 g/mol. The second-order valence-electron chi connectivity index (χ2n) is 8.67. The largest absolute Gasteiger partial charge is 0.455 e. The molecule has 162 valence electrons. The van der Waals surface area contributed by atoms with Crippen molar-refractivity contribution in [2.75, 3.05) is 0 Å². The standard InChI is InChI=1S/C32H18N2O/c33-19-21-15-16-26-25-12-7-13-27(29-14-5-6-17-34-29)31(25)35-32(26)30(21)28-18-20-8-1-2-9-22(20)23-10-3-4-11-24(23)28/h1-18H. The van der Waals surface area contributed by atoms with Gasteiger partial charge in [0.2, 0.25) is 0 Å². The van der Waals surface area contributed by atoms with E-state index in [9.17, 15) is 5.26 Å². The van der Waals surface area contributed by atoms with Gasteiger partial charge in [-0.05, 0) is 63.5 Å². The minimum atomic E-state index is 0.594. The molecule has 0 aliphatic carbocycles. The van der Waals surface area contributed by atoms with Gasteiger partial charge in [0, 0.05) is 28.1 Å². The highest BCUT2D eigenvalue weighted by molar-refractivity contribution is 6.19. The minimum Gasteiger partial charge on any atom is -0.455 e. The second-order valence-corrected chi connectivity index (χ2v) is 8.67. The van der Waals surface area contributed by atoms with Crippen molar-refractivity contribution in [2.45, 2.75) is 0 Å². The Bertz CT molecular complexity index is 1960. The van der Waals surface area contributed by atoms with Gasteiger partial charge in [0.05, 0.1) is 17.3 Å². The van der Waals surface area contributed by atoms with Gasteiger partial charge in [-0.3, -0.25) is 4.98 Å². The Labute approximate surface area is 201 Å². The highest BCUT2D eigenvalue weighted by atomic mass is 16.3. The van der Waals surface area contributed by atoms with Gasteiger partial charge >= 0.3 is 0 Å². The van der Waals surface area contributed by atoms with Crippen LogP contribution in [0.15, 0.2) is 114 Å². The molecule has 0 aliphatic rings. The summed E-state index contributed by atoms with van der Waals surface area (Å²) in [5, 5.41) is 16.7. The van der Waals surface area contributed by atoms with E-state index in [0.29, 0.717) is 5.56 Å². The highest BCUT2D eigenvalue weighted by Gasteiger charge is 2.20. The summed E-state index contributed by atoms with van der Waals surface area (Å²) in [5.74, 6) is 0. The number of rotatable bonds is 2. The third-order valence-electron chi connectivity index (χ3n) is 6.77. The van der Waals surface area contributed by atoms with Crippen LogP contribution in [0.1, 0.15) is 5.56 Å². The maximum absolute atomic E-state index is 10.1. The number of aromatic nitrogens is 1. The molecule has 2 aromatic heterocycles. The Morgan fingerprint density at radius 2 is 1.34 bits per heavy atom. The fraction of sp³-hybridized carbons (Fsp3) is 0. The number of nitrogens with zero attached hydrogens (tertiary/aromatic N) is 2. The van der Waals surface area contributed by atoms with Crippen LogP contribution in [0.5, 0.6) is 0 Å². The van der Waals surface area contributed by atoms with E-state index in [4.69, 9.17) is 4.42 Å². The van der Waals surface area contributed by atoms with Gasteiger partial charge in [0.15, 0.2) is 0 Å². The van der Waals surface area contributed by atoms with Gasteiger partial charge < -0.3 is 4.42 Å². The third-order valence-corrected chi connectivity index (χ3v) is 6.77. The van der Waals surface area contributed by atoms with Crippen molar-refractivity contribution in [2.24, 2.45) is 0 Å². The van der Waals surface area contributed by atoms with Crippen molar-refractivity contribution in [3.05, 3.63) is 115 Å². The molecule has 0 unspecified atom stereocenters. The smallest absolute Gasteiger partial charge is 0.144 e. The van der Waals surface area contributed by atoms with Crippen LogP contribution in [-0.4, -0.2) is 4.98 Å². The first-order valence-corrected chi connectivity index (χ1v) is 11.5. The number of para-hydroxylation sites is 1. The molecule has 0 atom stereocenters. The highest BCUT2D eigenvalue weighted by Crippen LogP contribution is 2.44. The van der Waals surface area contributed by atoms with Crippen LogP contribution in [0.4, 0.5) is 0 Å². The van der Waals surface area contributed by atoms with E-state index in [-0.39, 0.29) is 0 Å². The number of nitriles is 1. The summed E-state index contributed by atoms with van der Waals surface area (Å²) in [6.45, 7) is 0. The summed E-state index contributed by atoms with van der Waals surface area (Å²) in [6, 6.07) is 37.3. The maximum atomic E-state index is 10.1. The van der Waals surface area contributed by atoms with E-state index >= 15 is 0 Å². The van der Waals surface area contributed by atoms with Crippen LogP contribution >= 0.6 is 0 Å². The lowest BCUT2D eigenvalue weighted by atomic mass is 9.90. The molecular formula is C32H18N2O. The molecule has 0 spiro atoms. The van der Waals surface area contributed by atoms with Gasteiger partial charge in [-0.1, -0.05) is 66.7 Å². The van der Waals surface area contributed by atoms with Crippen molar-refractivity contribution in [1.82, 2.24) is 4.98 Å². The Hall–Kier alpha value is -4.94. The molecule has 3 heteroatoms. The Kier molecular flexibility index (Phi) is 4.21. The van der Waals surface area contributed by atoms with Gasteiger partial charge in [-0.2, -0.15) is 5.26 Å². The van der Waals surface area contributed by atoms with Gasteiger partial charge in [-0.15, -0.1) is 0 Å². The SMILES string of the molecule is N#Cc1ccc2c(oc3c(-c4ccccn4)cccc32)c1-c1cc2ccccc2c2ccccc12. The summed E-state index contributed by atoms with van der Waals surface area (Å²) in [7, 11) is 0. The molecule has 7 rings (SSSR count). The number of furan rings is 1. The zero-order valence-electron chi connectivity index (χ0n) is 18.7. The predicted molar refractivity (Wildman–Crippen MR) is 142 cm³/mol. The molecule has 2 heterocycles. The van der Waals surface area contributed by atoms with Gasteiger partial charge in [0.25, 0.3) is 0 Å². The van der Waals surface area contributed by atoms with Crippen molar-refractivity contribution in [3.8, 4) is 28.5 Å². The third kappa shape index (κ3) is 2.87. The molecule has 3 nitrogen and oxygen atoms in total. The van der Waals surface area contributed by atoms with Crippen molar-refractivity contribution >= 4 is 43.5 Å². The quantitative estimate of drug-likeness (QED) is 0.250. The van der Waals surface area contributed by atoms with Gasteiger partial charge in [-0.25, -0.2) is 0 Å². The van der Waals surface area contributed by atoms with E-state index < -0.39 is 0 Å². The minimum absolute atomic E-state index is 0.594. The van der Waals surface area contributed by atoms with Crippen molar-refractivity contribution in [3.63, 3.8) is 0 Å². The van der Waals surface area contributed by atoms with Crippen LogP contribution in [0.2, 0.25) is 0 Å². The first-order valence-electron chi connectivity index (χ1n) is 11.5. The molecule has 35 heavy (non-hydrogen) atoms. The molecule has 0 bridgehead atoms. The van der Waals surface area contributed by atoms with E-state index in [1.165, 1.54) is 5.39 Å². The summed E-state index contributed by atoms with van der Waals surface area (Å²) in [4.78, 5) is 4.55.